The molecule has 0 unspecified atom stereocenters. The molecular formula is C18H25N3O4. The number of nitrogens with zero attached hydrogens (tertiary/aromatic N) is 2. The molecule has 2 heterocycles. The number of likely N-dealkylation sites (tertiary alicyclic amines) is 1. The first kappa shape index (κ1) is 17.7. The quantitative estimate of drug-likeness (QED) is 0.882. The van der Waals surface area contributed by atoms with Crippen LogP contribution in [0.15, 0.2) is 18.3 Å². The molecule has 4 atom stereocenters. The van der Waals surface area contributed by atoms with Crippen molar-refractivity contribution in [3.05, 3.63) is 24.0 Å². The summed E-state index contributed by atoms with van der Waals surface area (Å²) in [5.41, 5.74) is 0.402. The number of amides is 2. The van der Waals surface area contributed by atoms with E-state index in [1.54, 1.807) is 32.5 Å². The van der Waals surface area contributed by atoms with Gasteiger partial charge in [-0.25, -0.2) is 0 Å². The standard InChI is InChI=1S/C18H25N3O4/c1-11(22)20-15-6-12-9-21(10-13(12)7-17(15)25-3)18(23)16-8-14(24-2)4-5-19-16/h4-5,8,12-13,15,17H,6-7,9-10H2,1-3H3,(H,20,22)/t12-,13+,15-,17-/m1/s1. The highest BCUT2D eigenvalue weighted by Gasteiger charge is 2.44. The highest BCUT2D eigenvalue weighted by Crippen LogP contribution is 2.38. The lowest BCUT2D eigenvalue weighted by molar-refractivity contribution is -0.121. The Kier molecular flexibility index (Phi) is 5.22. The van der Waals surface area contributed by atoms with Gasteiger partial charge >= 0.3 is 0 Å². The molecule has 0 bridgehead atoms. The molecule has 2 amide bonds. The number of hydrogen-bond acceptors (Lipinski definition) is 5. The summed E-state index contributed by atoms with van der Waals surface area (Å²) in [6.45, 7) is 2.92. The number of ether oxygens (including phenoxy) is 2. The van der Waals surface area contributed by atoms with Gasteiger partial charge in [0.1, 0.15) is 11.4 Å². The molecule has 0 aromatic carbocycles. The molecule has 25 heavy (non-hydrogen) atoms. The van der Waals surface area contributed by atoms with Gasteiger partial charge in [0.15, 0.2) is 0 Å². The molecule has 1 aliphatic heterocycles. The van der Waals surface area contributed by atoms with E-state index in [0.717, 1.165) is 12.8 Å². The van der Waals surface area contributed by atoms with E-state index in [1.165, 1.54) is 6.92 Å². The summed E-state index contributed by atoms with van der Waals surface area (Å²) in [6, 6.07) is 3.40. The van der Waals surface area contributed by atoms with E-state index in [1.807, 2.05) is 4.90 Å². The summed E-state index contributed by atoms with van der Waals surface area (Å²) >= 11 is 0. The minimum Gasteiger partial charge on any atom is -0.497 e. The van der Waals surface area contributed by atoms with E-state index in [2.05, 4.69) is 10.3 Å². The number of methoxy groups -OCH3 is 2. The summed E-state index contributed by atoms with van der Waals surface area (Å²) in [5, 5.41) is 2.99. The van der Waals surface area contributed by atoms with E-state index in [-0.39, 0.29) is 24.0 Å². The molecule has 3 rings (SSSR count). The highest BCUT2D eigenvalue weighted by atomic mass is 16.5. The number of rotatable bonds is 4. The second-order valence-electron chi connectivity index (χ2n) is 6.86. The molecule has 1 saturated carbocycles. The first-order chi connectivity index (χ1) is 12.0. The molecule has 7 nitrogen and oxygen atoms in total. The normalized spacial score (nSPS) is 28.4. The smallest absolute Gasteiger partial charge is 0.272 e. The number of hydrogen-bond donors (Lipinski definition) is 1. The molecule has 1 N–H and O–H groups in total. The van der Waals surface area contributed by atoms with Gasteiger partial charge in [-0.1, -0.05) is 0 Å². The van der Waals surface area contributed by atoms with Gasteiger partial charge in [-0.2, -0.15) is 0 Å². The molecule has 2 fully saturated rings. The Balaban J connectivity index is 1.69. The van der Waals surface area contributed by atoms with Gasteiger partial charge in [-0.3, -0.25) is 14.6 Å². The first-order valence-corrected chi connectivity index (χ1v) is 8.61. The molecule has 136 valence electrons. The average Bonchev–Trinajstić information content (AvgIpc) is 3.02. The van der Waals surface area contributed by atoms with E-state index in [0.29, 0.717) is 36.4 Å². The largest absolute Gasteiger partial charge is 0.497 e. The molecule has 7 heteroatoms. The third kappa shape index (κ3) is 3.76. The minimum absolute atomic E-state index is 0.00449. The maximum absolute atomic E-state index is 12.8. The van der Waals surface area contributed by atoms with Gasteiger partial charge in [0.05, 0.1) is 19.3 Å². The topological polar surface area (TPSA) is 80.8 Å². The number of fused-ring (bicyclic) bond motifs is 1. The van der Waals surface area contributed by atoms with Crippen molar-refractivity contribution in [1.29, 1.82) is 0 Å². The molecule has 1 aromatic heterocycles. The molecule has 0 radical (unpaired) electrons. The predicted octanol–water partition coefficient (Wildman–Crippen LogP) is 1.09. The first-order valence-electron chi connectivity index (χ1n) is 8.61. The second-order valence-corrected chi connectivity index (χ2v) is 6.86. The van der Waals surface area contributed by atoms with E-state index >= 15 is 0 Å². The number of pyridine rings is 1. The molecule has 0 spiro atoms. The third-order valence-corrected chi connectivity index (χ3v) is 5.28. The predicted molar refractivity (Wildman–Crippen MR) is 91.3 cm³/mol. The van der Waals surface area contributed by atoms with Crippen LogP contribution < -0.4 is 10.1 Å². The van der Waals surface area contributed by atoms with Gasteiger partial charge < -0.3 is 19.7 Å². The van der Waals surface area contributed by atoms with E-state index in [9.17, 15) is 9.59 Å². The lowest BCUT2D eigenvalue weighted by Crippen LogP contribution is -2.49. The van der Waals surface area contributed by atoms with Crippen LogP contribution in [0.5, 0.6) is 5.75 Å². The van der Waals surface area contributed by atoms with E-state index in [4.69, 9.17) is 9.47 Å². The van der Waals surface area contributed by atoms with E-state index < -0.39 is 0 Å². The van der Waals surface area contributed by atoms with Crippen molar-refractivity contribution in [2.45, 2.75) is 31.9 Å². The van der Waals surface area contributed by atoms with Crippen LogP contribution in [0.25, 0.3) is 0 Å². The Bertz CT molecular complexity index is 651. The van der Waals surface area contributed by atoms with Crippen molar-refractivity contribution >= 4 is 11.8 Å². The fourth-order valence-corrected chi connectivity index (χ4v) is 4.07. The number of carbonyl (C=O) groups is 2. The van der Waals surface area contributed by atoms with Crippen LogP contribution in [0.1, 0.15) is 30.3 Å². The summed E-state index contributed by atoms with van der Waals surface area (Å²) in [4.78, 5) is 30.3. The molecule has 2 aliphatic rings. The molecular weight excluding hydrogens is 322 g/mol. The van der Waals surface area contributed by atoms with Crippen molar-refractivity contribution in [2.24, 2.45) is 11.8 Å². The fourth-order valence-electron chi connectivity index (χ4n) is 4.07. The zero-order valence-electron chi connectivity index (χ0n) is 14.9. The van der Waals surface area contributed by atoms with Crippen LogP contribution in [-0.4, -0.2) is 61.2 Å². The Morgan fingerprint density at radius 1 is 1.24 bits per heavy atom. The Morgan fingerprint density at radius 3 is 2.60 bits per heavy atom. The lowest BCUT2D eigenvalue weighted by atomic mass is 9.77. The summed E-state index contributed by atoms with van der Waals surface area (Å²) in [6.07, 6.45) is 3.26. The van der Waals surface area contributed by atoms with Crippen LogP contribution in [0.3, 0.4) is 0 Å². The van der Waals surface area contributed by atoms with Crippen molar-refractivity contribution in [2.75, 3.05) is 27.3 Å². The SMILES string of the molecule is COc1ccnc(C(=O)N2C[C@H]3C[C@@H](NC(C)=O)[C@H](OC)C[C@H]3C2)c1. The molecule has 1 saturated heterocycles. The van der Waals surface area contributed by atoms with Crippen molar-refractivity contribution in [3.63, 3.8) is 0 Å². The monoisotopic (exact) mass is 347 g/mol. The van der Waals surface area contributed by atoms with Crippen LogP contribution in [0.2, 0.25) is 0 Å². The second kappa shape index (κ2) is 7.39. The number of aromatic nitrogens is 1. The zero-order valence-corrected chi connectivity index (χ0v) is 14.9. The third-order valence-electron chi connectivity index (χ3n) is 5.28. The Labute approximate surface area is 147 Å². The fraction of sp³-hybridized carbons (Fsp3) is 0.611. The maximum Gasteiger partial charge on any atom is 0.272 e. The Hall–Kier alpha value is -2.15. The zero-order chi connectivity index (χ0) is 18.0. The van der Waals surface area contributed by atoms with Crippen molar-refractivity contribution in [1.82, 2.24) is 15.2 Å². The van der Waals surface area contributed by atoms with Gasteiger partial charge in [0.2, 0.25) is 5.91 Å². The van der Waals surface area contributed by atoms with Gasteiger partial charge in [0.25, 0.3) is 5.91 Å². The van der Waals surface area contributed by atoms with Crippen LogP contribution >= 0.6 is 0 Å². The summed E-state index contributed by atoms with van der Waals surface area (Å²) in [5.74, 6) is 1.28. The highest BCUT2D eigenvalue weighted by molar-refractivity contribution is 5.92. The van der Waals surface area contributed by atoms with Crippen LogP contribution in [0, 0.1) is 11.8 Å². The lowest BCUT2D eigenvalue weighted by Gasteiger charge is -2.37. The maximum atomic E-state index is 12.8. The van der Waals surface area contributed by atoms with Gasteiger partial charge in [0, 0.05) is 39.4 Å². The van der Waals surface area contributed by atoms with Gasteiger partial charge in [-0.15, -0.1) is 0 Å². The Morgan fingerprint density at radius 2 is 1.96 bits per heavy atom. The van der Waals surface area contributed by atoms with Crippen molar-refractivity contribution < 1.29 is 19.1 Å². The van der Waals surface area contributed by atoms with Crippen LogP contribution in [-0.2, 0) is 9.53 Å². The minimum atomic E-state index is -0.0710. The summed E-state index contributed by atoms with van der Waals surface area (Å²) in [7, 11) is 3.25. The number of carbonyl (C=O) groups excluding carboxylic acids is 2. The van der Waals surface area contributed by atoms with Crippen LogP contribution in [0.4, 0.5) is 0 Å². The molecule has 1 aliphatic carbocycles. The molecule has 1 aromatic rings. The van der Waals surface area contributed by atoms with Crippen molar-refractivity contribution in [3.8, 4) is 5.75 Å². The summed E-state index contributed by atoms with van der Waals surface area (Å²) < 4.78 is 10.8. The average molecular weight is 347 g/mol. The van der Waals surface area contributed by atoms with Gasteiger partial charge in [-0.05, 0) is 30.7 Å². The number of nitrogens with one attached hydrogen (secondary N) is 1.